The number of β-amino-alcohol motifs (C(OH)–C–C–N with tert-alkyl or cyclic N) is 1. The van der Waals surface area contributed by atoms with Gasteiger partial charge in [-0.2, -0.15) is 0 Å². The predicted molar refractivity (Wildman–Crippen MR) is 155 cm³/mol. The highest BCUT2D eigenvalue weighted by molar-refractivity contribution is 5.92. The molecule has 0 spiro atoms. The maximum atomic E-state index is 12.8. The highest BCUT2D eigenvalue weighted by Crippen LogP contribution is 2.30. The van der Waals surface area contributed by atoms with E-state index in [9.17, 15) is 14.7 Å². The van der Waals surface area contributed by atoms with E-state index in [0.717, 1.165) is 54.9 Å². The zero-order valence-electron chi connectivity index (χ0n) is 24.4. The number of fused-ring (bicyclic) bond motifs is 1. The van der Waals surface area contributed by atoms with Gasteiger partial charge in [-0.1, -0.05) is 11.2 Å². The van der Waals surface area contributed by atoms with Crippen molar-refractivity contribution in [2.75, 3.05) is 38.0 Å². The van der Waals surface area contributed by atoms with Crippen LogP contribution in [0.5, 0.6) is 5.75 Å². The molecule has 0 saturated carbocycles. The number of aryl methyl sites for hydroxylation is 1. The van der Waals surface area contributed by atoms with Crippen LogP contribution in [0.3, 0.4) is 0 Å². The second-order valence-corrected chi connectivity index (χ2v) is 11.1. The number of piperidine rings is 1. The number of nitrogens with one attached hydrogen (secondary N) is 2. The summed E-state index contributed by atoms with van der Waals surface area (Å²) >= 11 is 0. The summed E-state index contributed by atoms with van der Waals surface area (Å²) < 4.78 is 11.0. The number of benzene rings is 1. The summed E-state index contributed by atoms with van der Waals surface area (Å²) in [7, 11) is 0. The molecule has 2 aliphatic heterocycles. The Kier molecular flexibility index (Phi) is 9.33. The minimum absolute atomic E-state index is 0.0898. The average Bonchev–Trinajstić information content (AvgIpc) is 3.40. The average molecular weight is 578 g/mol. The largest absolute Gasteiger partial charge is 0.488 e. The molecular formula is C30H39N7O5. The number of aliphatic hydroxyl groups excluding tert-OH is 1. The highest BCUT2D eigenvalue weighted by Gasteiger charge is 2.23. The normalized spacial score (nSPS) is 16.5. The summed E-state index contributed by atoms with van der Waals surface area (Å²) in [5.74, 6) is 1.15. The molecule has 2 aromatic heterocycles. The van der Waals surface area contributed by atoms with Crippen LogP contribution >= 0.6 is 0 Å². The van der Waals surface area contributed by atoms with Crippen LogP contribution in [0.25, 0.3) is 0 Å². The molecule has 224 valence electrons. The van der Waals surface area contributed by atoms with Gasteiger partial charge in [-0.05, 0) is 55.9 Å². The van der Waals surface area contributed by atoms with E-state index in [0.29, 0.717) is 32.1 Å². The molecule has 12 heteroatoms. The quantitative estimate of drug-likeness (QED) is 0.328. The van der Waals surface area contributed by atoms with Crippen LogP contribution in [-0.4, -0.2) is 86.7 Å². The Labute approximate surface area is 245 Å². The van der Waals surface area contributed by atoms with Crippen LogP contribution in [-0.2, 0) is 24.4 Å². The molecular weight excluding hydrogens is 538 g/mol. The van der Waals surface area contributed by atoms with E-state index in [4.69, 9.17) is 9.26 Å². The summed E-state index contributed by atoms with van der Waals surface area (Å²) in [6, 6.07) is 5.88. The van der Waals surface area contributed by atoms with Gasteiger partial charge in [0.15, 0.2) is 0 Å². The molecule has 1 unspecified atom stereocenters. The van der Waals surface area contributed by atoms with Crippen molar-refractivity contribution < 1.29 is 24.0 Å². The SMILES string of the molecule is CC(=O)N1CCC(Nc2cc(C(=O)NCC(O)CN3CCc4c(ccc(OCc5conc5C)c4C)C3)ncn2)CC1. The van der Waals surface area contributed by atoms with Gasteiger partial charge in [-0.15, -0.1) is 0 Å². The van der Waals surface area contributed by atoms with Gasteiger partial charge in [0, 0.05) is 58.3 Å². The molecule has 0 bridgehead atoms. The number of carbonyl (C=O) groups excluding carboxylic acids is 2. The Morgan fingerprint density at radius 1 is 1.19 bits per heavy atom. The van der Waals surface area contributed by atoms with Crippen molar-refractivity contribution in [1.82, 2.24) is 30.2 Å². The Balaban J connectivity index is 1.08. The van der Waals surface area contributed by atoms with Crippen molar-refractivity contribution in [3.63, 3.8) is 0 Å². The summed E-state index contributed by atoms with van der Waals surface area (Å²) in [4.78, 5) is 36.7. The Morgan fingerprint density at radius 3 is 2.74 bits per heavy atom. The number of ether oxygens (including phenoxy) is 1. The number of aliphatic hydroxyl groups is 1. The molecule has 3 aromatic rings. The molecule has 0 radical (unpaired) electrons. The number of likely N-dealkylation sites (tertiary alicyclic amines) is 1. The van der Waals surface area contributed by atoms with Gasteiger partial charge in [-0.25, -0.2) is 9.97 Å². The molecule has 1 saturated heterocycles. The number of hydrogen-bond acceptors (Lipinski definition) is 10. The summed E-state index contributed by atoms with van der Waals surface area (Å²) in [6.45, 7) is 9.46. The molecule has 5 rings (SSSR count). The fourth-order valence-electron chi connectivity index (χ4n) is 5.57. The minimum Gasteiger partial charge on any atom is -0.488 e. The number of aromatic nitrogens is 3. The van der Waals surface area contributed by atoms with Gasteiger partial charge in [0.25, 0.3) is 5.91 Å². The lowest BCUT2D eigenvalue weighted by molar-refractivity contribution is -0.129. The second-order valence-electron chi connectivity index (χ2n) is 11.1. The molecule has 3 N–H and O–H groups in total. The van der Waals surface area contributed by atoms with Crippen molar-refractivity contribution in [2.45, 2.75) is 65.3 Å². The summed E-state index contributed by atoms with van der Waals surface area (Å²) in [5.41, 5.74) is 5.63. The van der Waals surface area contributed by atoms with Gasteiger partial charge >= 0.3 is 0 Å². The van der Waals surface area contributed by atoms with Crippen molar-refractivity contribution in [2.24, 2.45) is 0 Å². The van der Waals surface area contributed by atoms with Crippen LogP contribution in [0, 0.1) is 13.8 Å². The zero-order chi connectivity index (χ0) is 29.6. The number of nitrogens with zero attached hydrogens (tertiary/aromatic N) is 5. The predicted octanol–water partition coefficient (Wildman–Crippen LogP) is 2.23. The number of rotatable bonds is 10. The molecule has 12 nitrogen and oxygen atoms in total. The van der Waals surface area contributed by atoms with Gasteiger partial charge in [0.2, 0.25) is 5.91 Å². The second kappa shape index (κ2) is 13.3. The van der Waals surface area contributed by atoms with Gasteiger partial charge in [0.05, 0.1) is 17.4 Å². The number of anilines is 1. The van der Waals surface area contributed by atoms with E-state index in [2.05, 4.69) is 43.6 Å². The monoisotopic (exact) mass is 577 g/mol. The maximum Gasteiger partial charge on any atom is 0.270 e. The van der Waals surface area contributed by atoms with Crippen LogP contribution in [0.1, 0.15) is 58.2 Å². The Hall–Kier alpha value is -4.03. The van der Waals surface area contributed by atoms with E-state index < -0.39 is 6.10 Å². The summed E-state index contributed by atoms with van der Waals surface area (Å²) in [6.07, 6.45) is 4.73. The van der Waals surface area contributed by atoms with E-state index in [1.165, 1.54) is 17.5 Å². The third-order valence-corrected chi connectivity index (χ3v) is 8.11. The first-order chi connectivity index (χ1) is 20.3. The van der Waals surface area contributed by atoms with Crippen molar-refractivity contribution in [1.29, 1.82) is 0 Å². The number of carbonyl (C=O) groups is 2. The van der Waals surface area contributed by atoms with Crippen LogP contribution in [0.4, 0.5) is 5.82 Å². The van der Waals surface area contributed by atoms with Crippen LogP contribution in [0.15, 0.2) is 35.3 Å². The van der Waals surface area contributed by atoms with Crippen LogP contribution in [0.2, 0.25) is 0 Å². The lowest BCUT2D eigenvalue weighted by Crippen LogP contribution is -2.42. The van der Waals surface area contributed by atoms with Crippen LogP contribution < -0.4 is 15.4 Å². The molecule has 1 aromatic carbocycles. The van der Waals surface area contributed by atoms with Gasteiger partial charge < -0.3 is 29.9 Å². The third-order valence-electron chi connectivity index (χ3n) is 8.11. The Morgan fingerprint density at radius 2 is 2.00 bits per heavy atom. The Bertz CT molecular complexity index is 1400. The van der Waals surface area contributed by atoms with Crippen molar-refractivity contribution >= 4 is 17.6 Å². The number of hydrogen-bond donors (Lipinski definition) is 3. The maximum absolute atomic E-state index is 12.8. The fourth-order valence-corrected chi connectivity index (χ4v) is 5.57. The first-order valence-electron chi connectivity index (χ1n) is 14.4. The van der Waals surface area contributed by atoms with Gasteiger partial charge in [0.1, 0.15) is 36.5 Å². The van der Waals surface area contributed by atoms with Crippen molar-refractivity contribution in [3.05, 3.63) is 64.4 Å². The molecule has 1 fully saturated rings. The van der Waals surface area contributed by atoms with E-state index in [-0.39, 0.29) is 30.1 Å². The lowest BCUT2D eigenvalue weighted by Gasteiger charge is -2.32. The van der Waals surface area contributed by atoms with Gasteiger partial charge in [-0.3, -0.25) is 14.5 Å². The standard InChI is InChI=1S/C30H39N7O5/c1-19-26-8-9-36(14-22(26)4-5-28(19)41-16-23-17-42-35-20(23)2)15-25(39)13-31-30(40)27-12-29(33-18-32-27)34-24-6-10-37(11-7-24)21(3)38/h4-5,12,17-18,24-25,39H,6-11,13-16H2,1-3H3,(H,31,40)(H,32,33,34). The van der Waals surface area contributed by atoms with E-state index in [1.807, 2.05) is 17.9 Å². The molecule has 42 heavy (non-hydrogen) atoms. The van der Waals surface area contributed by atoms with E-state index in [1.54, 1.807) is 19.3 Å². The smallest absolute Gasteiger partial charge is 0.270 e. The van der Waals surface area contributed by atoms with E-state index >= 15 is 0 Å². The summed E-state index contributed by atoms with van der Waals surface area (Å²) in [5, 5.41) is 20.7. The highest BCUT2D eigenvalue weighted by atomic mass is 16.5. The first kappa shape index (κ1) is 29.5. The molecule has 2 aliphatic rings. The molecule has 1 atom stereocenters. The molecule has 4 heterocycles. The topological polar surface area (TPSA) is 146 Å². The fraction of sp³-hybridized carbons (Fsp3) is 0.500. The molecule has 2 amide bonds. The molecule has 0 aliphatic carbocycles. The minimum atomic E-state index is -0.725. The number of amides is 2. The first-order valence-corrected chi connectivity index (χ1v) is 14.4. The lowest BCUT2D eigenvalue weighted by atomic mass is 9.94. The third kappa shape index (κ3) is 7.24. The van der Waals surface area contributed by atoms with Crippen molar-refractivity contribution in [3.8, 4) is 5.75 Å². The zero-order valence-corrected chi connectivity index (χ0v) is 24.4.